The van der Waals surface area contributed by atoms with Crippen molar-refractivity contribution in [3.05, 3.63) is 0 Å². The Morgan fingerprint density at radius 3 is 2.50 bits per heavy atom. The molecule has 16 heavy (non-hydrogen) atoms. The predicted octanol–water partition coefficient (Wildman–Crippen LogP) is 1.48. The van der Waals surface area contributed by atoms with Gasteiger partial charge < -0.3 is 10.1 Å². The van der Waals surface area contributed by atoms with E-state index >= 15 is 0 Å². The van der Waals surface area contributed by atoms with E-state index in [-0.39, 0.29) is 0 Å². The third-order valence-electron chi connectivity index (χ3n) is 4.86. The molecule has 2 aliphatic rings. The van der Waals surface area contributed by atoms with Crippen LogP contribution >= 0.6 is 0 Å². The largest absolute Gasteiger partial charge is 0.381 e. The SMILES string of the molecule is CNC1CCN(C2CC(OC)C2)C(C)C1C. The molecule has 1 heterocycles. The highest BCUT2D eigenvalue weighted by Crippen LogP contribution is 2.34. The van der Waals surface area contributed by atoms with Crippen molar-refractivity contribution < 1.29 is 4.74 Å². The molecule has 0 spiro atoms. The molecule has 3 unspecified atom stereocenters. The second-order valence-corrected chi connectivity index (χ2v) is 5.50. The zero-order chi connectivity index (χ0) is 11.7. The Morgan fingerprint density at radius 1 is 1.25 bits per heavy atom. The number of hydrogen-bond donors (Lipinski definition) is 1. The monoisotopic (exact) mass is 226 g/mol. The van der Waals surface area contributed by atoms with Crippen molar-refractivity contribution in [2.75, 3.05) is 20.7 Å². The fourth-order valence-corrected chi connectivity index (χ4v) is 3.32. The Balaban J connectivity index is 1.88. The molecule has 3 nitrogen and oxygen atoms in total. The molecule has 1 aliphatic carbocycles. The van der Waals surface area contributed by atoms with Gasteiger partial charge in [0.2, 0.25) is 0 Å². The molecule has 94 valence electrons. The minimum Gasteiger partial charge on any atom is -0.381 e. The lowest BCUT2D eigenvalue weighted by Gasteiger charge is -2.51. The Bertz CT molecular complexity index is 228. The van der Waals surface area contributed by atoms with E-state index in [9.17, 15) is 0 Å². The molecule has 3 heteroatoms. The number of rotatable bonds is 3. The maximum absolute atomic E-state index is 5.37. The van der Waals surface area contributed by atoms with Crippen LogP contribution in [-0.4, -0.2) is 49.8 Å². The molecule has 0 amide bonds. The van der Waals surface area contributed by atoms with Crippen LogP contribution in [0.15, 0.2) is 0 Å². The van der Waals surface area contributed by atoms with Crippen LogP contribution in [0, 0.1) is 5.92 Å². The van der Waals surface area contributed by atoms with Crippen molar-refractivity contribution in [1.82, 2.24) is 10.2 Å². The second kappa shape index (κ2) is 5.03. The van der Waals surface area contributed by atoms with Crippen molar-refractivity contribution in [1.29, 1.82) is 0 Å². The van der Waals surface area contributed by atoms with Gasteiger partial charge in [0, 0.05) is 31.8 Å². The molecule has 1 aliphatic heterocycles. The first-order valence-electron chi connectivity index (χ1n) is 6.63. The molecule has 3 atom stereocenters. The number of likely N-dealkylation sites (tertiary alicyclic amines) is 1. The Hall–Kier alpha value is -0.120. The summed E-state index contributed by atoms with van der Waals surface area (Å²) in [6, 6.07) is 2.18. The van der Waals surface area contributed by atoms with Crippen LogP contribution in [0.4, 0.5) is 0 Å². The average Bonchev–Trinajstić information content (AvgIpc) is 2.23. The molecular weight excluding hydrogens is 200 g/mol. The zero-order valence-corrected chi connectivity index (χ0v) is 11.1. The van der Waals surface area contributed by atoms with E-state index in [0.29, 0.717) is 18.2 Å². The summed E-state index contributed by atoms with van der Waals surface area (Å²) in [6.07, 6.45) is 4.28. The normalized spacial score (nSPS) is 45.4. The first-order valence-corrected chi connectivity index (χ1v) is 6.63. The van der Waals surface area contributed by atoms with E-state index in [1.165, 1.54) is 25.8 Å². The highest BCUT2D eigenvalue weighted by molar-refractivity contribution is 4.96. The van der Waals surface area contributed by atoms with Crippen LogP contribution in [-0.2, 0) is 4.74 Å². The van der Waals surface area contributed by atoms with E-state index in [2.05, 4.69) is 31.1 Å². The first-order chi connectivity index (χ1) is 7.67. The lowest BCUT2D eigenvalue weighted by atomic mass is 9.81. The van der Waals surface area contributed by atoms with E-state index in [0.717, 1.165) is 12.0 Å². The van der Waals surface area contributed by atoms with E-state index in [4.69, 9.17) is 4.74 Å². The molecule has 0 aromatic heterocycles. The Labute approximate surface area is 99.5 Å². The maximum atomic E-state index is 5.37. The smallest absolute Gasteiger partial charge is 0.0601 e. The van der Waals surface area contributed by atoms with Gasteiger partial charge in [-0.3, -0.25) is 4.90 Å². The van der Waals surface area contributed by atoms with Gasteiger partial charge in [-0.25, -0.2) is 0 Å². The van der Waals surface area contributed by atoms with Gasteiger partial charge >= 0.3 is 0 Å². The van der Waals surface area contributed by atoms with Crippen LogP contribution in [0.25, 0.3) is 0 Å². The maximum Gasteiger partial charge on any atom is 0.0601 e. The van der Waals surface area contributed by atoms with E-state index in [1.807, 2.05) is 7.11 Å². The van der Waals surface area contributed by atoms with E-state index < -0.39 is 0 Å². The summed E-state index contributed by atoms with van der Waals surface area (Å²) >= 11 is 0. The third-order valence-corrected chi connectivity index (χ3v) is 4.86. The standard InChI is InChI=1S/C13H26N2O/c1-9-10(2)15(6-5-13(9)14-3)11-7-12(8-11)16-4/h9-14H,5-8H2,1-4H3. The lowest BCUT2D eigenvalue weighted by Crippen LogP contribution is -2.59. The fourth-order valence-electron chi connectivity index (χ4n) is 3.32. The summed E-state index contributed by atoms with van der Waals surface area (Å²) in [5.74, 6) is 0.750. The van der Waals surface area contributed by atoms with Gasteiger partial charge in [-0.15, -0.1) is 0 Å². The highest BCUT2D eigenvalue weighted by atomic mass is 16.5. The number of hydrogen-bond acceptors (Lipinski definition) is 3. The molecule has 0 aromatic carbocycles. The number of nitrogens with one attached hydrogen (secondary N) is 1. The Morgan fingerprint density at radius 2 is 1.94 bits per heavy atom. The topological polar surface area (TPSA) is 24.5 Å². The van der Waals surface area contributed by atoms with Gasteiger partial charge in [0.15, 0.2) is 0 Å². The predicted molar refractivity (Wildman–Crippen MR) is 66.6 cm³/mol. The molecule has 0 radical (unpaired) electrons. The van der Waals surface area contributed by atoms with Crippen molar-refractivity contribution in [3.63, 3.8) is 0 Å². The summed E-state index contributed by atoms with van der Waals surface area (Å²) in [4.78, 5) is 2.70. The van der Waals surface area contributed by atoms with Gasteiger partial charge in [0.25, 0.3) is 0 Å². The second-order valence-electron chi connectivity index (χ2n) is 5.50. The molecule has 0 bridgehead atoms. The van der Waals surface area contributed by atoms with Crippen LogP contribution in [0.1, 0.15) is 33.1 Å². The van der Waals surface area contributed by atoms with Crippen molar-refractivity contribution in [2.24, 2.45) is 5.92 Å². The molecular formula is C13H26N2O. The molecule has 1 N–H and O–H groups in total. The fraction of sp³-hybridized carbons (Fsp3) is 1.00. The highest BCUT2D eigenvalue weighted by Gasteiger charge is 2.40. The molecule has 2 fully saturated rings. The first kappa shape index (κ1) is 12.3. The van der Waals surface area contributed by atoms with Crippen molar-refractivity contribution in [3.8, 4) is 0 Å². The number of piperidine rings is 1. The van der Waals surface area contributed by atoms with Gasteiger partial charge in [-0.05, 0) is 39.2 Å². The van der Waals surface area contributed by atoms with Crippen LogP contribution in [0.5, 0.6) is 0 Å². The molecule has 1 saturated heterocycles. The number of ether oxygens (including phenoxy) is 1. The Kier molecular flexibility index (Phi) is 3.88. The van der Waals surface area contributed by atoms with Crippen LogP contribution in [0.2, 0.25) is 0 Å². The molecule has 1 saturated carbocycles. The summed E-state index contributed by atoms with van der Waals surface area (Å²) in [5, 5.41) is 3.45. The lowest BCUT2D eigenvalue weighted by molar-refractivity contribution is -0.0602. The number of methoxy groups -OCH3 is 1. The minimum atomic E-state index is 0.523. The third kappa shape index (κ3) is 2.13. The molecule has 0 aromatic rings. The number of nitrogens with zero attached hydrogens (tertiary/aromatic N) is 1. The van der Waals surface area contributed by atoms with Crippen LogP contribution in [0.3, 0.4) is 0 Å². The van der Waals surface area contributed by atoms with Gasteiger partial charge in [0.05, 0.1) is 6.10 Å². The van der Waals surface area contributed by atoms with Crippen molar-refractivity contribution >= 4 is 0 Å². The van der Waals surface area contributed by atoms with Gasteiger partial charge in [0.1, 0.15) is 0 Å². The van der Waals surface area contributed by atoms with E-state index in [1.54, 1.807) is 0 Å². The van der Waals surface area contributed by atoms with Crippen molar-refractivity contribution in [2.45, 2.75) is 57.3 Å². The van der Waals surface area contributed by atoms with Gasteiger partial charge in [-0.1, -0.05) is 6.92 Å². The van der Waals surface area contributed by atoms with Crippen LogP contribution < -0.4 is 5.32 Å². The summed E-state index contributed by atoms with van der Waals surface area (Å²) in [6.45, 7) is 6.01. The summed E-state index contributed by atoms with van der Waals surface area (Å²) < 4.78 is 5.37. The molecule has 2 rings (SSSR count). The summed E-state index contributed by atoms with van der Waals surface area (Å²) in [5.41, 5.74) is 0. The summed E-state index contributed by atoms with van der Waals surface area (Å²) in [7, 11) is 3.92. The zero-order valence-electron chi connectivity index (χ0n) is 11.1. The van der Waals surface area contributed by atoms with Gasteiger partial charge in [-0.2, -0.15) is 0 Å². The average molecular weight is 226 g/mol. The minimum absolute atomic E-state index is 0.523. The quantitative estimate of drug-likeness (QED) is 0.789.